The predicted octanol–water partition coefficient (Wildman–Crippen LogP) is 3.94. The highest BCUT2D eigenvalue weighted by Gasteiger charge is 2.16. The first-order chi connectivity index (χ1) is 12.0. The van der Waals surface area contributed by atoms with Crippen molar-refractivity contribution in [3.8, 4) is 5.75 Å². The number of nitrogens with zero attached hydrogens (tertiary/aromatic N) is 1. The number of pyridine rings is 1. The molecule has 2 aromatic carbocycles. The molecule has 0 radical (unpaired) electrons. The smallest absolute Gasteiger partial charge is 0.339 e. The molecule has 1 aromatic heterocycles. The molecular weight excluding hydrogens is 334 g/mol. The Morgan fingerprint density at radius 1 is 0.880 bits per heavy atom. The zero-order valence-corrected chi connectivity index (χ0v) is 14.7. The Morgan fingerprint density at radius 3 is 2.24 bits per heavy atom. The van der Waals surface area contributed by atoms with E-state index < -0.39 is 10.1 Å². The van der Waals surface area contributed by atoms with Gasteiger partial charge in [0.2, 0.25) is 0 Å². The molecule has 0 saturated heterocycles. The highest BCUT2D eigenvalue weighted by atomic mass is 32.2. The molecule has 0 saturated carbocycles. The molecule has 0 aliphatic heterocycles. The van der Waals surface area contributed by atoms with Crippen molar-refractivity contribution in [2.75, 3.05) is 0 Å². The second-order valence-corrected chi connectivity index (χ2v) is 7.36. The lowest BCUT2D eigenvalue weighted by Gasteiger charge is -2.08. The SMILES string of the molecule is Cc1ccc(S(=O)(=O)Oc2ccc(CCc3ccccn3)cc2)cc1. The number of aromatic nitrogens is 1. The fourth-order valence-corrected chi connectivity index (χ4v) is 3.34. The van der Waals surface area contributed by atoms with Crippen LogP contribution in [0, 0.1) is 6.92 Å². The quantitative estimate of drug-likeness (QED) is 0.630. The minimum atomic E-state index is -3.81. The topological polar surface area (TPSA) is 56.3 Å². The summed E-state index contributed by atoms with van der Waals surface area (Å²) in [6.07, 6.45) is 3.45. The van der Waals surface area contributed by atoms with E-state index in [1.54, 1.807) is 42.6 Å². The molecule has 4 nitrogen and oxygen atoms in total. The van der Waals surface area contributed by atoms with E-state index >= 15 is 0 Å². The summed E-state index contributed by atoms with van der Waals surface area (Å²) in [5.41, 5.74) is 3.13. The maximum atomic E-state index is 12.3. The van der Waals surface area contributed by atoms with Crippen LogP contribution in [0.5, 0.6) is 5.75 Å². The standard InChI is InChI=1S/C20H19NO3S/c1-16-5-13-20(14-6-16)25(22,23)24-19-11-8-17(9-12-19)7-10-18-4-2-3-15-21-18/h2-6,8-9,11-15H,7,10H2,1H3. The van der Waals surface area contributed by atoms with E-state index in [-0.39, 0.29) is 4.90 Å². The molecule has 0 aliphatic rings. The van der Waals surface area contributed by atoms with Crippen LogP contribution in [0.4, 0.5) is 0 Å². The molecule has 3 aromatic rings. The maximum absolute atomic E-state index is 12.3. The third-order valence-corrected chi connectivity index (χ3v) is 5.10. The third-order valence-electron chi connectivity index (χ3n) is 3.83. The average molecular weight is 353 g/mol. The first-order valence-electron chi connectivity index (χ1n) is 8.03. The first kappa shape index (κ1) is 17.2. The van der Waals surface area contributed by atoms with Gasteiger partial charge in [-0.1, -0.05) is 35.9 Å². The van der Waals surface area contributed by atoms with Crippen LogP contribution in [0.3, 0.4) is 0 Å². The van der Waals surface area contributed by atoms with E-state index in [0.717, 1.165) is 29.7 Å². The second kappa shape index (κ2) is 7.49. The molecule has 0 atom stereocenters. The highest BCUT2D eigenvalue weighted by molar-refractivity contribution is 7.87. The molecule has 25 heavy (non-hydrogen) atoms. The first-order valence-corrected chi connectivity index (χ1v) is 9.44. The van der Waals surface area contributed by atoms with Gasteiger partial charge in [-0.3, -0.25) is 4.98 Å². The molecule has 0 fully saturated rings. The Morgan fingerprint density at radius 2 is 1.60 bits per heavy atom. The summed E-state index contributed by atoms with van der Waals surface area (Å²) in [4.78, 5) is 4.45. The van der Waals surface area contributed by atoms with Gasteiger partial charge >= 0.3 is 10.1 Å². The van der Waals surface area contributed by atoms with Crippen molar-refractivity contribution < 1.29 is 12.6 Å². The van der Waals surface area contributed by atoms with Gasteiger partial charge in [0.25, 0.3) is 0 Å². The van der Waals surface area contributed by atoms with E-state index in [1.165, 1.54) is 0 Å². The van der Waals surface area contributed by atoms with E-state index in [2.05, 4.69) is 4.98 Å². The van der Waals surface area contributed by atoms with Crippen LogP contribution in [0.25, 0.3) is 0 Å². The third kappa shape index (κ3) is 4.67. The largest absolute Gasteiger partial charge is 0.379 e. The highest BCUT2D eigenvalue weighted by Crippen LogP contribution is 2.20. The summed E-state index contributed by atoms with van der Waals surface area (Å²) in [7, 11) is -3.81. The van der Waals surface area contributed by atoms with Crippen molar-refractivity contribution in [2.45, 2.75) is 24.7 Å². The lowest BCUT2D eigenvalue weighted by molar-refractivity contribution is 0.486. The van der Waals surface area contributed by atoms with E-state index in [1.807, 2.05) is 37.3 Å². The van der Waals surface area contributed by atoms with Gasteiger partial charge in [-0.25, -0.2) is 0 Å². The average Bonchev–Trinajstić information content (AvgIpc) is 2.62. The summed E-state index contributed by atoms with van der Waals surface area (Å²) in [5, 5.41) is 0. The lowest BCUT2D eigenvalue weighted by Crippen LogP contribution is -2.09. The van der Waals surface area contributed by atoms with Gasteiger partial charge in [-0.2, -0.15) is 8.42 Å². The van der Waals surface area contributed by atoms with Gasteiger partial charge in [0.15, 0.2) is 0 Å². The fourth-order valence-electron chi connectivity index (χ4n) is 2.41. The number of hydrogen-bond acceptors (Lipinski definition) is 4. The molecule has 0 N–H and O–H groups in total. The summed E-state index contributed by atoms with van der Waals surface area (Å²) in [6.45, 7) is 1.90. The Kier molecular flexibility index (Phi) is 5.14. The molecule has 3 rings (SSSR count). The lowest BCUT2D eigenvalue weighted by atomic mass is 10.1. The molecule has 0 amide bonds. The second-order valence-electron chi connectivity index (χ2n) is 5.82. The number of rotatable bonds is 6. The summed E-state index contributed by atoms with van der Waals surface area (Å²) >= 11 is 0. The Labute approximate surface area is 148 Å². The number of benzene rings is 2. The van der Waals surface area contributed by atoms with Crippen molar-refractivity contribution in [3.05, 3.63) is 89.7 Å². The van der Waals surface area contributed by atoms with Crippen LogP contribution in [0.1, 0.15) is 16.8 Å². The monoisotopic (exact) mass is 353 g/mol. The van der Waals surface area contributed by atoms with Crippen LogP contribution in [-0.2, 0) is 23.0 Å². The minimum Gasteiger partial charge on any atom is -0.379 e. The van der Waals surface area contributed by atoms with E-state index in [4.69, 9.17) is 4.18 Å². The van der Waals surface area contributed by atoms with Gasteiger partial charge in [-0.15, -0.1) is 0 Å². The Hall–Kier alpha value is -2.66. The van der Waals surface area contributed by atoms with Gasteiger partial charge < -0.3 is 4.18 Å². The molecule has 5 heteroatoms. The van der Waals surface area contributed by atoms with Gasteiger partial charge in [-0.05, 0) is 61.7 Å². The zero-order valence-electron chi connectivity index (χ0n) is 13.9. The molecular formula is C20H19NO3S. The number of aryl methyl sites for hydroxylation is 3. The van der Waals surface area contributed by atoms with Crippen molar-refractivity contribution in [3.63, 3.8) is 0 Å². The van der Waals surface area contributed by atoms with Gasteiger partial charge in [0, 0.05) is 11.9 Å². The summed E-state index contributed by atoms with van der Waals surface area (Å²) in [5.74, 6) is 0.308. The molecule has 0 aliphatic carbocycles. The van der Waals surface area contributed by atoms with Crippen molar-refractivity contribution in [1.29, 1.82) is 0 Å². The van der Waals surface area contributed by atoms with Crippen molar-refractivity contribution in [1.82, 2.24) is 4.98 Å². The van der Waals surface area contributed by atoms with Crippen LogP contribution in [-0.4, -0.2) is 13.4 Å². The van der Waals surface area contributed by atoms with Crippen LogP contribution in [0.2, 0.25) is 0 Å². The van der Waals surface area contributed by atoms with E-state index in [0.29, 0.717) is 5.75 Å². The zero-order chi connectivity index (χ0) is 17.7. The van der Waals surface area contributed by atoms with Crippen LogP contribution < -0.4 is 4.18 Å². The fraction of sp³-hybridized carbons (Fsp3) is 0.150. The summed E-state index contributed by atoms with van der Waals surface area (Å²) in [6, 6.07) is 19.6. The number of hydrogen-bond donors (Lipinski definition) is 0. The molecule has 0 unspecified atom stereocenters. The Bertz CT molecular complexity index is 919. The van der Waals surface area contributed by atoms with Crippen LogP contribution >= 0.6 is 0 Å². The maximum Gasteiger partial charge on any atom is 0.339 e. The van der Waals surface area contributed by atoms with Crippen LogP contribution in [0.15, 0.2) is 77.8 Å². The van der Waals surface area contributed by atoms with Crippen molar-refractivity contribution >= 4 is 10.1 Å². The Balaban J connectivity index is 1.65. The molecule has 1 heterocycles. The van der Waals surface area contributed by atoms with E-state index in [9.17, 15) is 8.42 Å². The predicted molar refractivity (Wildman–Crippen MR) is 97.1 cm³/mol. The normalized spacial score (nSPS) is 11.2. The molecule has 0 spiro atoms. The summed E-state index contributed by atoms with van der Waals surface area (Å²) < 4.78 is 29.8. The van der Waals surface area contributed by atoms with Gasteiger partial charge in [0.1, 0.15) is 10.6 Å². The van der Waals surface area contributed by atoms with Gasteiger partial charge in [0.05, 0.1) is 0 Å². The van der Waals surface area contributed by atoms with Crippen molar-refractivity contribution in [2.24, 2.45) is 0 Å². The minimum absolute atomic E-state index is 0.150. The molecule has 0 bridgehead atoms. The molecule has 128 valence electrons.